The van der Waals surface area contributed by atoms with Gasteiger partial charge in [0.2, 0.25) is 5.78 Å². The van der Waals surface area contributed by atoms with E-state index in [1.54, 1.807) is 23.0 Å². The van der Waals surface area contributed by atoms with Crippen molar-refractivity contribution in [2.75, 3.05) is 0 Å². The normalized spacial score (nSPS) is 10.9. The number of hydrogen-bond donors (Lipinski definition) is 1. The van der Waals surface area contributed by atoms with Crippen molar-refractivity contribution < 1.29 is 9.90 Å². The molecule has 3 rings (SSSR count). The van der Waals surface area contributed by atoms with Crippen LogP contribution in [0.4, 0.5) is 0 Å². The smallest absolute Gasteiger partial charge is 0.215 e. The lowest BCUT2D eigenvalue weighted by Crippen LogP contribution is -2.01. The van der Waals surface area contributed by atoms with Crippen LogP contribution in [-0.4, -0.2) is 25.9 Å². The molecule has 1 aromatic heterocycles. The van der Waals surface area contributed by atoms with Crippen molar-refractivity contribution in [3.05, 3.63) is 71.5 Å². The van der Waals surface area contributed by atoms with Crippen LogP contribution in [-0.2, 0) is 0 Å². The van der Waals surface area contributed by atoms with Crippen molar-refractivity contribution in [3.63, 3.8) is 0 Å². The van der Waals surface area contributed by atoms with Gasteiger partial charge >= 0.3 is 0 Å². The zero-order chi connectivity index (χ0) is 16.4. The summed E-state index contributed by atoms with van der Waals surface area (Å²) in [5.74, 6) is 0.237. The molecule has 3 aromatic rings. The molecule has 0 aliphatic rings. The van der Waals surface area contributed by atoms with E-state index in [-0.39, 0.29) is 17.2 Å². The summed E-state index contributed by atoms with van der Waals surface area (Å²) in [7, 11) is 0. The van der Waals surface area contributed by atoms with E-state index in [9.17, 15) is 9.90 Å². The third-order valence-electron chi connectivity index (χ3n) is 3.66. The predicted octanol–water partition coefficient (Wildman–Crippen LogP) is 3.33. The second-order valence-electron chi connectivity index (χ2n) is 5.67. The molecule has 116 valence electrons. The number of rotatable bonds is 4. The van der Waals surface area contributed by atoms with E-state index >= 15 is 0 Å². The molecule has 0 spiro atoms. The minimum absolute atomic E-state index is 0.0486. The van der Waals surface area contributed by atoms with Gasteiger partial charge in [-0.15, -0.1) is 5.10 Å². The Morgan fingerprint density at radius 3 is 2.52 bits per heavy atom. The molecular weight excluding hydrogens is 290 g/mol. The highest BCUT2D eigenvalue weighted by Crippen LogP contribution is 2.18. The van der Waals surface area contributed by atoms with E-state index in [0.29, 0.717) is 11.5 Å². The highest BCUT2D eigenvalue weighted by atomic mass is 16.3. The molecule has 0 aliphatic heterocycles. The molecule has 0 aliphatic carbocycles. The van der Waals surface area contributed by atoms with Gasteiger partial charge in [-0.3, -0.25) is 4.79 Å². The van der Waals surface area contributed by atoms with Gasteiger partial charge in [0.15, 0.2) is 5.69 Å². The number of benzene rings is 2. The van der Waals surface area contributed by atoms with Gasteiger partial charge in [0.1, 0.15) is 5.75 Å². The van der Waals surface area contributed by atoms with Crippen molar-refractivity contribution in [1.29, 1.82) is 0 Å². The summed E-state index contributed by atoms with van der Waals surface area (Å²) in [4.78, 5) is 12.4. The van der Waals surface area contributed by atoms with E-state index in [0.717, 1.165) is 5.69 Å². The molecule has 2 aromatic carbocycles. The van der Waals surface area contributed by atoms with Crippen LogP contribution in [0.3, 0.4) is 0 Å². The first-order valence-electron chi connectivity index (χ1n) is 7.41. The van der Waals surface area contributed by atoms with Crippen LogP contribution in [0.5, 0.6) is 5.75 Å². The monoisotopic (exact) mass is 307 g/mol. The lowest BCUT2D eigenvalue weighted by Gasteiger charge is -2.06. The van der Waals surface area contributed by atoms with Crippen LogP contribution < -0.4 is 0 Å². The fourth-order valence-electron chi connectivity index (χ4n) is 2.30. The van der Waals surface area contributed by atoms with Crippen molar-refractivity contribution in [2.24, 2.45) is 0 Å². The second kappa shape index (κ2) is 6.04. The van der Waals surface area contributed by atoms with Crippen LogP contribution in [0, 0.1) is 0 Å². The maximum Gasteiger partial charge on any atom is 0.215 e. The summed E-state index contributed by atoms with van der Waals surface area (Å²) in [6.45, 7) is 4.27. The average molecular weight is 307 g/mol. The quantitative estimate of drug-likeness (QED) is 0.751. The first-order valence-corrected chi connectivity index (χ1v) is 7.41. The molecule has 5 nitrogen and oxygen atoms in total. The third-order valence-corrected chi connectivity index (χ3v) is 3.66. The Morgan fingerprint density at radius 2 is 1.87 bits per heavy atom. The molecule has 23 heavy (non-hydrogen) atoms. The standard InChI is InChI=1S/C18H17N3O2/c1-12(2)13-6-8-15(9-7-13)21-11-17(19-20-21)18(23)14-4-3-5-16(22)10-14/h3-12,22H,1-2H3. The van der Waals surface area contributed by atoms with Crippen LogP contribution in [0.25, 0.3) is 5.69 Å². The van der Waals surface area contributed by atoms with Gasteiger partial charge < -0.3 is 5.11 Å². The summed E-state index contributed by atoms with van der Waals surface area (Å²) < 4.78 is 1.57. The molecule has 0 saturated carbocycles. The van der Waals surface area contributed by atoms with Gasteiger partial charge in [-0.05, 0) is 35.7 Å². The predicted molar refractivity (Wildman–Crippen MR) is 87.0 cm³/mol. The summed E-state index contributed by atoms with van der Waals surface area (Å²) in [6, 6.07) is 14.2. The first kappa shape index (κ1) is 15.0. The average Bonchev–Trinajstić information content (AvgIpc) is 3.04. The van der Waals surface area contributed by atoms with Gasteiger partial charge in [0, 0.05) is 5.56 Å². The molecule has 5 heteroatoms. The van der Waals surface area contributed by atoms with Gasteiger partial charge in [-0.1, -0.05) is 43.3 Å². The number of phenols is 1. The molecule has 0 bridgehead atoms. The number of nitrogens with zero attached hydrogens (tertiary/aromatic N) is 3. The molecule has 0 radical (unpaired) electrons. The lowest BCUT2D eigenvalue weighted by atomic mass is 10.0. The SMILES string of the molecule is CC(C)c1ccc(-n2cc(C(=O)c3cccc(O)c3)nn2)cc1. The summed E-state index contributed by atoms with van der Waals surface area (Å²) >= 11 is 0. The number of ketones is 1. The number of aromatic hydroxyl groups is 1. The summed E-state index contributed by atoms with van der Waals surface area (Å²) in [5.41, 5.74) is 2.71. The summed E-state index contributed by atoms with van der Waals surface area (Å²) in [6.07, 6.45) is 1.59. The van der Waals surface area contributed by atoms with E-state index < -0.39 is 0 Å². The van der Waals surface area contributed by atoms with Gasteiger partial charge in [0.05, 0.1) is 11.9 Å². The van der Waals surface area contributed by atoms with Crippen molar-refractivity contribution in [1.82, 2.24) is 15.0 Å². The third kappa shape index (κ3) is 3.13. The molecule has 0 atom stereocenters. The molecular formula is C18H17N3O2. The minimum atomic E-state index is -0.272. The molecule has 1 heterocycles. The second-order valence-corrected chi connectivity index (χ2v) is 5.67. The molecule has 0 saturated heterocycles. The Bertz CT molecular complexity index is 835. The maximum atomic E-state index is 12.4. The van der Waals surface area contributed by atoms with Gasteiger partial charge in [0.25, 0.3) is 0 Å². The molecule has 1 N–H and O–H groups in total. The molecule has 0 unspecified atom stereocenters. The van der Waals surface area contributed by atoms with E-state index in [4.69, 9.17) is 0 Å². The molecule has 0 fully saturated rings. The summed E-state index contributed by atoms with van der Waals surface area (Å²) in [5, 5.41) is 17.4. The Labute approximate surface area is 134 Å². The fraction of sp³-hybridized carbons (Fsp3) is 0.167. The Hall–Kier alpha value is -2.95. The van der Waals surface area contributed by atoms with Gasteiger partial charge in [-0.25, -0.2) is 4.68 Å². The number of phenolic OH excluding ortho intramolecular Hbond substituents is 1. The van der Waals surface area contributed by atoms with E-state index in [1.807, 2.05) is 24.3 Å². The highest BCUT2D eigenvalue weighted by molar-refractivity contribution is 6.07. The largest absolute Gasteiger partial charge is 0.508 e. The van der Waals surface area contributed by atoms with Crippen LogP contribution in [0.2, 0.25) is 0 Å². The Kier molecular flexibility index (Phi) is 3.93. The van der Waals surface area contributed by atoms with Crippen molar-refractivity contribution in [2.45, 2.75) is 19.8 Å². The molecule has 0 amide bonds. The highest BCUT2D eigenvalue weighted by Gasteiger charge is 2.14. The lowest BCUT2D eigenvalue weighted by molar-refractivity contribution is 0.103. The van der Waals surface area contributed by atoms with Crippen LogP contribution in [0.15, 0.2) is 54.7 Å². The topological polar surface area (TPSA) is 68.0 Å². The van der Waals surface area contributed by atoms with Crippen molar-refractivity contribution in [3.8, 4) is 11.4 Å². The van der Waals surface area contributed by atoms with E-state index in [2.05, 4.69) is 24.2 Å². The van der Waals surface area contributed by atoms with Crippen molar-refractivity contribution >= 4 is 5.78 Å². The van der Waals surface area contributed by atoms with E-state index in [1.165, 1.54) is 17.7 Å². The van der Waals surface area contributed by atoms with Crippen LogP contribution in [0.1, 0.15) is 41.4 Å². The van der Waals surface area contributed by atoms with Gasteiger partial charge in [-0.2, -0.15) is 0 Å². The minimum Gasteiger partial charge on any atom is -0.508 e. The fourth-order valence-corrected chi connectivity index (χ4v) is 2.30. The first-order chi connectivity index (χ1) is 11.0. The number of hydrogen-bond acceptors (Lipinski definition) is 4. The Morgan fingerprint density at radius 1 is 1.13 bits per heavy atom. The van der Waals surface area contributed by atoms with Crippen LogP contribution >= 0.6 is 0 Å². The number of carbonyl (C=O) groups is 1. The maximum absolute atomic E-state index is 12.4. The number of aromatic nitrogens is 3. The number of carbonyl (C=O) groups excluding carboxylic acids is 1. The Balaban J connectivity index is 1.86. The zero-order valence-corrected chi connectivity index (χ0v) is 13.0. The zero-order valence-electron chi connectivity index (χ0n) is 13.0.